The third-order valence-corrected chi connectivity index (χ3v) is 6.27. The van der Waals surface area contributed by atoms with E-state index >= 15 is 0 Å². The standard InChI is InChI=1S/C26H28N6O2/c33-25(29-24-10-11-28-32(24)18-20-6-2-1-3-7-20)19-30-12-14-31(15-13-30)26(34)16-21-17-27-23-9-5-4-8-22(21)23/h1-11,17,27H,12-16,18-19H2,(H,29,33). The molecule has 1 saturated heterocycles. The minimum Gasteiger partial charge on any atom is -0.361 e. The summed E-state index contributed by atoms with van der Waals surface area (Å²) < 4.78 is 1.79. The number of nitrogens with one attached hydrogen (secondary N) is 2. The van der Waals surface area contributed by atoms with Gasteiger partial charge in [-0.15, -0.1) is 0 Å². The van der Waals surface area contributed by atoms with Crippen LogP contribution in [0.4, 0.5) is 5.82 Å². The molecular weight excluding hydrogens is 428 g/mol. The highest BCUT2D eigenvalue weighted by Gasteiger charge is 2.23. The molecule has 2 aromatic carbocycles. The maximum atomic E-state index is 12.8. The van der Waals surface area contributed by atoms with Crippen molar-refractivity contribution in [1.82, 2.24) is 24.6 Å². The van der Waals surface area contributed by atoms with Crippen LogP contribution in [-0.2, 0) is 22.6 Å². The molecule has 0 radical (unpaired) electrons. The van der Waals surface area contributed by atoms with Crippen molar-refractivity contribution in [2.24, 2.45) is 0 Å². The molecule has 8 nitrogen and oxygen atoms in total. The molecule has 1 aliphatic heterocycles. The summed E-state index contributed by atoms with van der Waals surface area (Å²) in [5, 5.41) is 8.40. The van der Waals surface area contributed by atoms with Crippen LogP contribution < -0.4 is 5.32 Å². The van der Waals surface area contributed by atoms with Crippen LogP contribution in [0.2, 0.25) is 0 Å². The molecule has 1 fully saturated rings. The first-order valence-corrected chi connectivity index (χ1v) is 11.6. The number of piperazine rings is 1. The van der Waals surface area contributed by atoms with Crippen LogP contribution in [0.1, 0.15) is 11.1 Å². The number of nitrogens with zero attached hydrogens (tertiary/aromatic N) is 4. The van der Waals surface area contributed by atoms with Crippen LogP contribution in [-0.4, -0.2) is 69.1 Å². The number of aromatic amines is 1. The van der Waals surface area contributed by atoms with Crippen molar-refractivity contribution in [3.8, 4) is 0 Å². The molecule has 0 aliphatic carbocycles. The SMILES string of the molecule is O=C(CN1CCN(C(=O)Cc2c[nH]c3ccccc23)CC1)Nc1ccnn1Cc1ccccc1. The first kappa shape index (κ1) is 21.9. The zero-order valence-electron chi connectivity index (χ0n) is 19.0. The molecule has 0 bridgehead atoms. The summed E-state index contributed by atoms with van der Waals surface area (Å²) in [6.45, 7) is 3.50. The van der Waals surface area contributed by atoms with Gasteiger partial charge in [0.15, 0.2) is 0 Å². The second kappa shape index (κ2) is 9.93. The van der Waals surface area contributed by atoms with Crippen molar-refractivity contribution in [3.63, 3.8) is 0 Å². The molecule has 5 rings (SSSR count). The Balaban J connectivity index is 1.10. The molecule has 0 saturated carbocycles. The number of para-hydroxylation sites is 1. The van der Waals surface area contributed by atoms with E-state index in [1.54, 1.807) is 10.9 Å². The fourth-order valence-electron chi connectivity index (χ4n) is 4.41. The zero-order chi connectivity index (χ0) is 23.3. The van der Waals surface area contributed by atoms with Gasteiger partial charge in [0, 0.05) is 49.3 Å². The van der Waals surface area contributed by atoms with Crippen molar-refractivity contribution in [3.05, 3.63) is 84.2 Å². The van der Waals surface area contributed by atoms with Crippen LogP contribution in [0.25, 0.3) is 10.9 Å². The first-order chi connectivity index (χ1) is 16.7. The number of carbonyl (C=O) groups is 2. The van der Waals surface area contributed by atoms with Crippen molar-refractivity contribution in [2.75, 3.05) is 38.0 Å². The van der Waals surface area contributed by atoms with Gasteiger partial charge in [-0.1, -0.05) is 48.5 Å². The number of amides is 2. The molecule has 2 aromatic heterocycles. The van der Waals surface area contributed by atoms with E-state index in [1.165, 1.54) is 0 Å². The lowest BCUT2D eigenvalue weighted by atomic mass is 10.1. The van der Waals surface area contributed by atoms with Gasteiger partial charge in [0.1, 0.15) is 5.82 Å². The van der Waals surface area contributed by atoms with Gasteiger partial charge in [-0.2, -0.15) is 5.10 Å². The molecular formula is C26H28N6O2. The molecule has 2 amide bonds. The Morgan fingerprint density at radius 2 is 1.71 bits per heavy atom. The van der Waals surface area contributed by atoms with Crippen molar-refractivity contribution in [1.29, 1.82) is 0 Å². The highest BCUT2D eigenvalue weighted by molar-refractivity contribution is 5.91. The van der Waals surface area contributed by atoms with E-state index in [2.05, 4.69) is 20.3 Å². The van der Waals surface area contributed by atoms with Crippen LogP contribution in [0.3, 0.4) is 0 Å². The number of hydrogen-bond acceptors (Lipinski definition) is 4. The molecule has 2 N–H and O–H groups in total. The van der Waals surface area contributed by atoms with E-state index < -0.39 is 0 Å². The Kier molecular flexibility index (Phi) is 6.40. The molecule has 34 heavy (non-hydrogen) atoms. The molecule has 0 unspecified atom stereocenters. The van der Waals surface area contributed by atoms with E-state index in [9.17, 15) is 9.59 Å². The monoisotopic (exact) mass is 456 g/mol. The Morgan fingerprint density at radius 1 is 0.941 bits per heavy atom. The van der Waals surface area contributed by atoms with Gasteiger partial charge in [-0.05, 0) is 17.2 Å². The molecule has 174 valence electrons. The number of rotatable bonds is 7. The topological polar surface area (TPSA) is 86.3 Å². The van der Waals surface area contributed by atoms with E-state index in [4.69, 9.17) is 0 Å². The van der Waals surface area contributed by atoms with Crippen LogP contribution in [0.15, 0.2) is 73.1 Å². The van der Waals surface area contributed by atoms with Gasteiger partial charge in [0.25, 0.3) is 0 Å². The largest absolute Gasteiger partial charge is 0.361 e. The van der Waals surface area contributed by atoms with E-state index in [1.807, 2.05) is 71.8 Å². The van der Waals surface area contributed by atoms with Crippen LogP contribution in [0, 0.1) is 0 Å². The number of fused-ring (bicyclic) bond motifs is 1. The van der Waals surface area contributed by atoms with Gasteiger partial charge >= 0.3 is 0 Å². The van der Waals surface area contributed by atoms with Crippen molar-refractivity contribution >= 4 is 28.5 Å². The second-order valence-electron chi connectivity index (χ2n) is 8.60. The van der Waals surface area contributed by atoms with Crippen LogP contribution in [0.5, 0.6) is 0 Å². The second-order valence-corrected chi connectivity index (χ2v) is 8.60. The van der Waals surface area contributed by atoms with E-state index in [0.717, 1.165) is 22.0 Å². The van der Waals surface area contributed by atoms with Crippen molar-refractivity contribution < 1.29 is 9.59 Å². The molecule has 0 atom stereocenters. The molecule has 3 heterocycles. The third kappa shape index (κ3) is 5.02. The van der Waals surface area contributed by atoms with E-state index in [-0.39, 0.29) is 11.8 Å². The summed E-state index contributed by atoms with van der Waals surface area (Å²) in [4.78, 5) is 32.7. The minimum absolute atomic E-state index is 0.0756. The Labute approximate surface area is 198 Å². The summed E-state index contributed by atoms with van der Waals surface area (Å²) in [5.41, 5.74) is 3.19. The summed E-state index contributed by atoms with van der Waals surface area (Å²) in [7, 11) is 0. The lowest BCUT2D eigenvalue weighted by Gasteiger charge is -2.34. The highest BCUT2D eigenvalue weighted by Crippen LogP contribution is 2.19. The average Bonchev–Trinajstić information content (AvgIpc) is 3.47. The average molecular weight is 457 g/mol. The molecule has 8 heteroatoms. The number of aromatic nitrogens is 3. The number of benzene rings is 2. The third-order valence-electron chi connectivity index (χ3n) is 6.27. The van der Waals surface area contributed by atoms with Gasteiger partial charge in [-0.3, -0.25) is 14.5 Å². The number of hydrogen-bond donors (Lipinski definition) is 2. The lowest BCUT2D eigenvalue weighted by Crippen LogP contribution is -2.50. The number of carbonyl (C=O) groups excluding carboxylic acids is 2. The highest BCUT2D eigenvalue weighted by atomic mass is 16.2. The molecule has 1 aliphatic rings. The quantitative estimate of drug-likeness (QED) is 0.448. The summed E-state index contributed by atoms with van der Waals surface area (Å²) in [6, 6.07) is 19.9. The van der Waals surface area contributed by atoms with Crippen LogP contribution >= 0.6 is 0 Å². The molecule has 4 aromatic rings. The zero-order valence-corrected chi connectivity index (χ0v) is 19.0. The fraction of sp³-hybridized carbons (Fsp3) is 0.269. The van der Waals surface area contributed by atoms with E-state index in [0.29, 0.717) is 51.5 Å². The lowest BCUT2D eigenvalue weighted by molar-refractivity contribution is -0.132. The summed E-state index contributed by atoms with van der Waals surface area (Å²) >= 11 is 0. The van der Waals surface area contributed by atoms with Gasteiger partial charge in [0.2, 0.25) is 11.8 Å². The predicted molar refractivity (Wildman–Crippen MR) is 131 cm³/mol. The maximum absolute atomic E-state index is 12.8. The fourth-order valence-corrected chi connectivity index (χ4v) is 4.41. The predicted octanol–water partition coefficient (Wildman–Crippen LogP) is 2.74. The number of anilines is 1. The first-order valence-electron chi connectivity index (χ1n) is 11.6. The van der Waals surface area contributed by atoms with Gasteiger partial charge in [0.05, 0.1) is 25.7 Å². The Bertz CT molecular complexity index is 1270. The van der Waals surface area contributed by atoms with Gasteiger partial charge in [-0.25, -0.2) is 4.68 Å². The normalized spacial score (nSPS) is 14.4. The smallest absolute Gasteiger partial charge is 0.239 e. The summed E-state index contributed by atoms with van der Waals surface area (Å²) in [5.74, 6) is 0.730. The number of H-pyrrole nitrogens is 1. The van der Waals surface area contributed by atoms with Gasteiger partial charge < -0.3 is 15.2 Å². The van der Waals surface area contributed by atoms with Crippen molar-refractivity contribution in [2.45, 2.75) is 13.0 Å². The molecule has 0 spiro atoms. The minimum atomic E-state index is -0.0756. The Morgan fingerprint density at radius 3 is 2.53 bits per heavy atom. The maximum Gasteiger partial charge on any atom is 0.239 e. The summed E-state index contributed by atoms with van der Waals surface area (Å²) in [6.07, 6.45) is 4.00. The Hall–Kier alpha value is -3.91.